The Morgan fingerprint density at radius 1 is 1.50 bits per heavy atom. The molecule has 0 aliphatic carbocycles. The van der Waals surface area contributed by atoms with Gasteiger partial charge in [-0.15, -0.1) is 11.3 Å². The highest BCUT2D eigenvalue weighted by molar-refractivity contribution is 9.10. The van der Waals surface area contributed by atoms with Crippen molar-refractivity contribution in [3.05, 3.63) is 49.8 Å². The Balaban J connectivity index is 2.20. The van der Waals surface area contributed by atoms with Gasteiger partial charge in [0.25, 0.3) is 0 Å². The third-order valence-electron chi connectivity index (χ3n) is 2.17. The number of aliphatic hydroxyl groups excluding tert-OH is 1. The third kappa shape index (κ3) is 2.83. The van der Waals surface area contributed by atoms with E-state index in [0.717, 1.165) is 15.0 Å². The predicted octanol–water partition coefficient (Wildman–Crippen LogP) is 3.84. The predicted molar refractivity (Wildman–Crippen MR) is 69.9 cm³/mol. The number of hydrogen-bond acceptors (Lipinski definition) is 3. The Bertz CT molecular complexity index is 475. The van der Waals surface area contributed by atoms with Crippen LogP contribution < -0.4 is 0 Å². The van der Waals surface area contributed by atoms with Crippen LogP contribution in [-0.4, -0.2) is 10.1 Å². The van der Waals surface area contributed by atoms with Gasteiger partial charge < -0.3 is 5.11 Å². The van der Waals surface area contributed by atoms with Crippen LogP contribution in [0.15, 0.2) is 34.2 Å². The molecule has 2 aromatic rings. The molecule has 1 unspecified atom stereocenters. The summed E-state index contributed by atoms with van der Waals surface area (Å²) in [5.41, 5.74) is 0.728. The summed E-state index contributed by atoms with van der Waals surface area (Å²) in [6, 6.07) is 5.45. The van der Waals surface area contributed by atoms with Crippen molar-refractivity contribution in [3.8, 4) is 0 Å². The second kappa shape index (κ2) is 5.27. The van der Waals surface area contributed by atoms with Crippen LogP contribution in [0.25, 0.3) is 0 Å². The van der Waals surface area contributed by atoms with Crippen LogP contribution in [0, 0.1) is 0 Å². The Kier molecular flexibility index (Phi) is 3.97. The zero-order valence-corrected chi connectivity index (χ0v) is 11.4. The molecule has 0 radical (unpaired) electrons. The van der Waals surface area contributed by atoms with Crippen molar-refractivity contribution in [2.24, 2.45) is 0 Å². The highest BCUT2D eigenvalue weighted by atomic mass is 79.9. The van der Waals surface area contributed by atoms with Crippen molar-refractivity contribution in [3.63, 3.8) is 0 Å². The monoisotopic (exact) mass is 317 g/mol. The van der Waals surface area contributed by atoms with Gasteiger partial charge in [-0.25, -0.2) is 4.98 Å². The quantitative estimate of drug-likeness (QED) is 0.933. The summed E-state index contributed by atoms with van der Waals surface area (Å²) < 4.78 is 0.907. The summed E-state index contributed by atoms with van der Waals surface area (Å²) in [6.07, 6.45) is 1.61. The molecule has 0 fully saturated rings. The Labute approximate surface area is 111 Å². The van der Waals surface area contributed by atoms with Gasteiger partial charge in [-0.3, -0.25) is 0 Å². The Hall–Kier alpha value is -0.420. The third-order valence-corrected chi connectivity index (χ3v) is 3.81. The normalized spacial score (nSPS) is 12.7. The van der Waals surface area contributed by atoms with E-state index in [1.54, 1.807) is 12.3 Å². The van der Waals surface area contributed by atoms with E-state index in [0.29, 0.717) is 11.4 Å². The molecule has 1 heterocycles. The number of hydrogen-bond donors (Lipinski definition) is 1. The van der Waals surface area contributed by atoms with E-state index in [9.17, 15) is 5.11 Å². The molecule has 0 amide bonds. The summed E-state index contributed by atoms with van der Waals surface area (Å²) in [6.45, 7) is 0. The van der Waals surface area contributed by atoms with E-state index in [1.165, 1.54) is 11.3 Å². The van der Waals surface area contributed by atoms with Gasteiger partial charge in [-0.1, -0.05) is 27.5 Å². The SMILES string of the molecule is OC(Cc1nccs1)c1cc(Br)ccc1Cl. The van der Waals surface area contributed by atoms with Crippen LogP contribution >= 0.6 is 38.9 Å². The molecule has 2 nitrogen and oxygen atoms in total. The topological polar surface area (TPSA) is 33.1 Å². The molecule has 0 saturated carbocycles. The van der Waals surface area contributed by atoms with E-state index in [4.69, 9.17) is 11.6 Å². The minimum atomic E-state index is -0.615. The maximum absolute atomic E-state index is 10.1. The summed E-state index contributed by atoms with van der Waals surface area (Å²) in [7, 11) is 0. The van der Waals surface area contributed by atoms with Gasteiger partial charge >= 0.3 is 0 Å². The highest BCUT2D eigenvalue weighted by Gasteiger charge is 2.13. The number of nitrogens with zero attached hydrogens (tertiary/aromatic N) is 1. The van der Waals surface area contributed by atoms with E-state index < -0.39 is 6.10 Å². The van der Waals surface area contributed by atoms with Gasteiger partial charge in [0, 0.05) is 33.1 Å². The molecule has 84 valence electrons. The number of thiazole rings is 1. The number of benzene rings is 1. The number of rotatable bonds is 3. The lowest BCUT2D eigenvalue weighted by molar-refractivity contribution is 0.178. The van der Waals surface area contributed by atoms with Gasteiger partial charge in [0.15, 0.2) is 0 Å². The van der Waals surface area contributed by atoms with Crippen molar-refractivity contribution in [1.29, 1.82) is 0 Å². The van der Waals surface area contributed by atoms with Crippen LogP contribution in [0.4, 0.5) is 0 Å². The molecule has 0 saturated heterocycles. The van der Waals surface area contributed by atoms with Crippen LogP contribution in [0.1, 0.15) is 16.7 Å². The smallest absolute Gasteiger partial charge is 0.0954 e. The molecule has 0 aliphatic rings. The fourth-order valence-corrected chi connectivity index (χ4v) is 2.68. The molecule has 1 atom stereocenters. The number of aromatic nitrogens is 1. The molecular formula is C11H9BrClNOS. The molecule has 5 heteroatoms. The average Bonchev–Trinajstić information content (AvgIpc) is 2.74. The van der Waals surface area contributed by atoms with Crippen LogP contribution in [0.3, 0.4) is 0 Å². The van der Waals surface area contributed by atoms with Crippen molar-refractivity contribution >= 4 is 38.9 Å². The molecule has 0 bridgehead atoms. The van der Waals surface area contributed by atoms with E-state index >= 15 is 0 Å². The number of aliphatic hydroxyl groups is 1. The Morgan fingerprint density at radius 2 is 2.31 bits per heavy atom. The molecule has 0 spiro atoms. The zero-order chi connectivity index (χ0) is 11.5. The fraction of sp³-hybridized carbons (Fsp3) is 0.182. The first-order chi connectivity index (χ1) is 7.66. The van der Waals surface area contributed by atoms with Crippen LogP contribution in [0.2, 0.25) is 5.02 Å². The van der Waals surface area contributed by atoms with Crippen LogP contribution in [0.5, 0.6) is 0 Å². The molecule has 2 rings (SSSR count). The largest absolute Gasteiger partial charge is 0.388 e. The lowest BCUT2D eigenvalue weighted by Gasteiger charge is -2.11. The highest BCUT2D eigenvalue weighted by Crippen LogP contribution is 2.28. The molecule has 0 aliphatic heterocycles. The summed E-state index contributed by atoms with van der Waals surface area (Å²) >= 11 is 10.9. The van der Waals surface area contributed by atoms with Gasteiger partial charge in [-0.2, -0.15) is 0 Å². The lowest BCUT2D eigenvalue weighted by Crippen LogP contribution is -2.02. The Morgan fingerprint density at radius 3 is 3.00 bits per heavy atom. The molecule has 1 N–H and O–H groups in total. The van der Waals surface area contributed by atoms with E-state index in [1.807, 2.05) is 17.5 Å². The number of halogens is 2. The van der Waals surface area contributed by atoms with Crippen molar-refractivity contribution in [2.45, 2.75) is 12.5 Å². The van der Waals surface area contributed by atoms with E-state index in [2.05, 4.69) is 20.9 Å². The summed E-state index contributed by atoms with van der Waals surface area (Å²) in [5.74, 6) is 0. The molecule has 16 heavy (non-hydrogen) atoms. The first-order valence-corrected chi connectivity index (χ1v) is 6.73. The molecule has 1 aromatic heterocycles. The van der Waals surface area contributed by atoms with Gasteiger partial charge in [-0.05, 0) is 18.2 Å². The second-order valence-corrected chi connectivity index (χ2v) is 5.61. The second-order valence-electron chi connectivity index (χ2n) is 3.31. The van der Waals surface area contributed by atoms with Crippen LogP contribution in [-0.2, 0) is 6.42 Å². The molecular weight excluding hydrogens is 310 g/mol. The van der Waals surface area contributed by atoms with E-state index in [-0.39, 0.29) is 0 Å². The summed E-state index contributed by atoms with van der Waals surface area (Å²) in [4.78, 5) is 4.14. The minimum absolute atomic E-state index is 0.494. The fourth-order valence-electron chi connectivity index (χ4n) is 1.40. The maximum Gasteiger partial charge on any atom is 0.0954 e. The minimum Gasteiger partial charge on any atom is -0.388 e. The summed E-state index contributed by atoms with van der Waals surface area (Å²) in [5, 5.41) is 13.4. The maximum atomic E-state index is 10.1. The standard InChI is InChI=1S/C11H9BrClNOS/c12-7-1-2-9(13)8(5-7)10(15)6-11-14-3-4-16-11/h1-5,10,15H,6H2. The van der Waals surface area contributed by atoms with Gasteiger partial charge in [0.05, 0.1) is 11.1 Å². The average molecular weight is 319 g/mol. The van der Waals surface area contributed by atoms with Gasteiger partial charge in [0.2, 0.25) is 0 Å². The lowest BCUT2D eigenvalue weighted by atomic mass is 10.1. The van der Waals surface area contributed by atoms with Crippen molar-refractivity contribution < 1.29 is 5.11 Å². The first kappa shape index (κ1) is 12.0. The molecule has 1 aromatic carbocycles. The zero-order valence-electron chi connectivity index (χ0n) is 8.23. The van der Waals surface area contributed by atoms with Crippen molar-refractivity contribution in [1.82, 2.24) is 4.98 Å². The van der Waals surface area contributed by atoms with Crippen molar-refractivity contribution in [2.75, 3.05) is 0 Å². The first-order valence-electron chi connectivity index (χ1n) is 4.68. The van der Waals surface area contributed by atoms with Gasteiger partial charge in [0.1, 0.15) is 0 Å².